The van der Waals surface area contributed by atoms with E-state index in [2.05, 4.69) is 106 Å². The SMILES string of the molecule is CCCCCCCCCC(CCCCCCCC[N+](C)(C)CCC[N+](C)(C)CCCCCCCCC(CCCCCCCCC)c1cc(C)cc(C)c1)c1cc(C)cc(C)c1. The molecule has 0 aliphatic carbocycles. The average molecular weight is 846 g/mol. The quantitative estimate of drug-likeness (QED) is 0.0463. The fourth-order valence-corrected chi connectivity index (χ4v) is 10.6. The summed E-state index contributed by atoms with van der Waals surface area (Å²) in [5, 5.41) is 0. The molecule has 2 aromatic rings. The van der Waals surface area contributed by atoms with E-state index in [0.29, 0.717) is 0 Å². The number of quaternary nitrogens is 2. The summed E-state index contributed by atoms with van der Waals surface area (Å²) in [6, 6.07) is 14.6. The third kappa shape index (κ3) is 28.7. The van der Waals surface area contributed by atoms with Gasteiger partial charge in [0.1, 0.15) is 0 Å². The molecule has 2 nitrogen and oxygen atoms in total. The largest absolute Gasteiger partial charge is 0.328 e. The molecule has 0 aromatic heterocycles. The van der Waals surface area contributed by atoms with E-state index < -0.39 is 0 Å². The number of benzene rings is 2. The molecule has 0 amide bonds. The molecule has 0 aliphatic heterocycles. The Morgan fingerprint density at radius 2 is 0.525 bits per heavy atom. The van der Waals surface area contributed by atoms with E-state index in [4.69, 9.17) is 0 Å². The predicted octanol–water partition coefficient (Wildman–Crippen LogP) is 18.1. The first kappa shape index (κ1) is 55.5. The third-order valence-electron chi connectivity index (χ3n) is 14.4. The lowest BCUT2D eigenvalue weighted by molar-refractivity contribution is -0.909. The minimum atomic E-state index is 0.758. The molecule has 0 aliphatic rings. The maximum absolute atomic E-state index is 2.49. The van der Waals surface area contributed by atoms with Crippen LogP contribution in [0.1, 0.15) is 258 Å². The summed E-state index contributed by atoms with van der Waals surface area (Å²) in [7, 11) is 9.94. The zero-order valence-electron chi connectivity index (χ0n) is 43.3. The van der Waals surface area contributed by atoms with Crippen molar-refractivity contribution < 1.29 is 8.97 Å². The van der Waals surface area contributed by atoms with Crippen molar-refractivity contribution in [3.05, 3.63) is 69.8 Å². The van der Waals surface area contributed by atoms with E-state index in [0.717, 1.165) is 11.8 Å². The molecule has 0 heterocycles. The van der Waals surface area contributed by atoms with Crippen molar-refractivity contribution in [2.45, 2.75) is 252 Å². The van der Waals surface area contributed by atoms with Crippen molar-refractivity contribution in [3.63, 3.8) is 0 Å². The van der Waals surface area contributed by atoms with Gasteiger partial charge in [-0.2, -0.15) is 0 Å². The van der Waals surface area contributed by atoms with Crippen LogP contribution in [0.3, 0.4) is 0 Å². The van der Waals surface area contributed by atoms with Gasteiger partial charge in [0.25, 0.3) is 0 Å². The van der Waals surface area contributed by atoms with Crippen LogP contribution in [0.2, 0.25) is 0 Å². The Labute approximate surface area is 384 Å². The molecule has 0 bridgehead atoms. The summed E-state index contributed by atoms with van der Waals surface area (Å²) < 4.78 is 2.39. The highest BCUT2D eigenvalue weighted by Crippen LogP contribution is 2.32. The Hall–Kier alpha value is -1.64. The zero-order valence-corrected chi connectivity index (χ0v) is 43.3. The molecule has 352 valence electrons. The van der Waals surface area contributed by atoms with Crippen LogP contribution < -0.4 is 0 Å². The number of rotatable bonds is 40. The van der Waals surface area contributed by atoms with Gasteiger partial charge in [-0.25, -0.2) is 0 Å². The Morgan fingerprint density at radius 3 is 0.803 bits per heavy atom. The summed E-state index contributed by atoms with van der Waals surface area (Å²) in [6.45, 7) is 19.1. The maximum Gasteiger partial charge on any atom is 0.0836 e. The Kier molecular flexibility index (Phi) is 30.8. The van der Waals surface area contributed by atoms with Gasteiger partial charge in [0.2, 0.25) is 0 Å². The lowest BCUT2D eigenvalue weighted by Gasteiger charge is -2.33. The van der Waals surface area contributed by atoms with Crippen LogP contribution in [0, 0.1) is 27.7 Å². The topological polar surface area (TPSA) is 0 Å². The normalized spacial score (nSPS) is 13.3. The maximum atomic E-state index is 2.49. The highest BCUT2D eigenvalue weighted by Gasteiger charge is 2.20. The van der Waals surface area contributed by atoms with Gasteiger partial charge in [-0.3, -0.25) is 0 Å². The van der Waals surface area contributed by atoms with Gasteiger partial charge in [0.15, 0.2) is 0 Å². The van der Waals surface area contributed by atoms with Crippen LogP contribution in [0.15, 0.2) is 36.4 Å². The van der Waals surface area contributed by atoms with E-state index in [-0.39, 0.29) is 0 Å². The first-order chi connectivity index (χ1) is 29.3. The average Bonchev–Trinajstić information content (AvgIpc) is 3.19. The number of aryl methyl sites for hydroxylation is 4. The molecule has 2 atom stereocenters. The molecule has 2 rings (SSSR count). The van der Waals surface area contributed by atoms with Crippen LogP contribution in [0.25, 0.3) is 0 Å². The van der Waals surface area contributed by atoms with Crippen molar-refractivity contribution in [3.8, 4) is 0 Å². The van der Waals surface area contributed by atoms with E-state index in [9.17, 15) is 0 Å². The molecule has 0 spiro atoms. The summed E-state index contributed by atoms with van der Waals surface area (Å²) in [6.07, 6.45) is 43.6. The van der Waals surface area contributed by atoms with Gasteiger partial charge in [-0.15, -0.1) is 0 Å². The lowest BCUT2D eigenvalue weighted by atomic mass is 9.86. The number of hydrogen-bond donors (Lipinski definition) is 0. The molecule has 0 saturated carbocycles. The summed E-state index contributed by atoms with van der Waals surface area (Å²) >= 11 is 0. The minimum Gasteiger partial charge on any atom is -0.328 e. The van der Waals surface area contributed by atoms with Crippen molar-refractivity contribution in [1.82, 2.24) is 0 Å². The first-order valence-corrected chi connectivity index (χ1v) is 27.1. The van der Waals surface area contributed by atoms with E-state index in [1.165, 1.54) is 256 Å². The molecular weight excluding hydrogens is 737 g/mol. The van der Waals surface area contributed by atoms with E-state index in [1.807, 2.05) is 0 Å². The third-order valence-corrected chi connectivity index (χ3v) is 14.4. The summed E-state index contributed by atoms with van der Waals surface area (Å²) in [5.41, 5.74) is 9.01. The van der Waals surface area contributed by atoms with Gasteiger partial charge in [0.05, 0.1) is 54.4 Å². The zero-order chi connectivity index (χ0) is 44.6. The van der Waals surface area contributed by atoms with Crippen LogP contribution in [0.4, 0.5) is 0 Å². The second kappa shape index (κ2) is 33.8. The molecular formula is C59H108N2+2. The monoisotopic (exact) mass is 845 g/mol. The smallest absolute Gasteiger partial charge is 0.0836 e. The van der Waals surface area contributed by atoms with Crippen LogP contribution in [-0.2, 0) is 0 Å². The van der Waals surface area contributed by atoms with Crippen LogP contribution in [-0.4, -0.2) is 63.3 Å². The minimum absolute atomic E-state index is 0.758. The molecule has 2 unspecified atom stereocenters. The highest BCUT2D eigenvalue weighted by molar-refractivity contribution is 5.32. The van der Waals surface area contributed by atoms with Gasteiger partial charge in [-0.1, -0.05) is 214 Å². The molecule has 2 aromatic carbocycles. The molecule has 0 radical (unpaired) electrons. The molecule has 0 fully saturated rings. The second-order valence-electron chi connectivity index (χ2n) is 22.0. The van der Waals surface area contributed by atoms with E-state index >= 15 is 0 Å². The standard InChI is InChI=1S/C59H108N2/c1-11-13-15-17-19-25-31-38-56(58-48-52(3)46-53(4)49-58)40-33-27-21-23-29-35-42-60(7,8)44-37-45-61(9,10)43-36-30-24-22-28-34-41-57(39-32-26-20-18-16-14-12-2)59-50-54(5)47-55(6)51-59/h46-51,56-57H,11-45H2,1-10H3/q+2. The fourth-order valence-electron chi connectivity index (χ4n) is 10.6. The molecule has 0 N–H and O–H groups in total. The van der Waals surface area contributed by atoms with Gasteiger partial charge < -0.3 is 8.97 Å². The highest BCUT2D eigenvalue weighted by atomic mass is 15.3. The Balaban J connectivity index is 1.56. The summed E-state index contributed by atoms with van der Waals surface area (Å²) in [4.78, 5) is 0. The molecule has 61 heavy (non-hydrogen) atoms. The van der Waals surface area contributed by atoms with Crippen molar-refractivity contribution in [2.75, 3.05) is 54.4 Å². The number of hydrogen-bond acceptors (Lipinski definition) is 0. The van der Waals surface area contributed by atoms with Gasteiger partial charge in [-0.05, 0) is 102 Å². The molecule has 2 heteroatoms. The van der Waals surface area contributed by atoms with E-state index in [1.54, 1.807) is 11.1 Å². The number of unbranched alkanes of at least 4 members (excludes halogenated alkanes) is 22. The van der Waals surface area contributed by atoms with Gasteiger partial charge in [0, 0.05) is 6.42 Å². The van der Waals surface area contributed by atoms with Crippen LogP contribution >= 0.6 is 0 Å². The lowest BCUT2D eigenvalue weighted by Crippen LogP contribution is -2.46. The summed E-state index contributed by atoms with van der Waals surface area (Å²) in [5.74, 6) is 1.52. The first-order valence-electron chi connectivity index (χ1n) is 27.1. The molecule has 0 saturated heterocycles. The van der Waals surface area contributed by atoms with Crippen molar-refractivity contribution in [1.29, 1.82) is 0 Å². The second-order valence-corrected chi connectivity index (χ2v) is 22.0. The van der Waals surface area contributed by atoms with Gasteiger partial charge >= 0.3 is 0 Å². The predicted molar refractivity (Wildman–Crippen MR) is 275 cm³/mol. The Bertz CT molecular complexity index is 1200. The van der Waals surface area contributed by atoms with Crippen molar-refractivity contribution >= 4 is 0 Å². The fraction of sp³-hybridized carbons (Fsp3) is 0.797. The number of nitrogens with zero attached hydrogens (tertiary/aromatic N) is 2. The Morgan fingerprint density at radius 1 is 0.295 bits per heavy atom. The van der Waals surface area contributed by atoms with Crippen LogP contribution in [0.5, 0.6) is 0 Å². The van der Waals surface area contributed by atoms with Crippen molar-refractivity contribution in [2.24, 2.45) is 0 Å².